The number of ether oxygens (including phenoxy) is 1. The third-order valence-corrected chi connectivity index (χ3v) is 5.57. The maximum Gasteiger partial charge on any atom is 0.193 e. The summed E-state index contributed by atoms with van der Waals surface area (Å²) in [7, 11) is 7.81. The maximum atomic E-state index is 5.33. The molecule has 1 aliphatic rings. The van der Waals surface area contributed by atoms with Gasteiger partial charge in [0.15, 0.2) is 5.96 Å². The van der Waals surface area contributed by atoms with Gasteiger partial charge in [0.05, 0.1) is 12.2 Å². The van der Waals surface area contributed by atoms with Crippen molar-refractivity contribution in [2.24, 2.45) is 10.9 Å². The van der Waals surface area contributed by atoms with Gasteiger partial charge in [0.1, 0.15) is 11.1 Å². The molecule has 0 amide bonds. The van der Waals surface area contributed by atoms with E-state index in [1.807, 2.05) is 14.0 Å². The van der Waals surface area contributed by atoms with Crippen molar-refractivity contribution in [3.63, 3.8) is 0 Å². The second-order valence-corrected chi connectivity index (χ2v) is 7.50. The Morgan fingerprint density at radius 3 is 3.00 bits per heavy atom. The topological polar surface area (TPSA) is 53.0 Å². The van der Waals surface area contributed by atoms with Crippen LogP contribution in [0.15, 0.2) is 10.4 Å². The highest BCUT2D eigenvalue weighted by Crippen LogP contribution is 2.21. The second-order valence-electron chi connectivity index (χ2n) is 6.61. The SMILES string of the molecule is CN=C(NCC1CCCN(C)C1)N(C)Cc1csc(C(C)OC)n1.I. The standard InChI is InChI=1S/C17H31N5OS.HI/c1-13(23-5)16-20-15(12-24-16)11-22(4)17(18-2)19-9-14-7-6-8-21(3)10-14;/h12-14H,6-11H2,1-5H3,(H,18,19);1H. The molecule has 1 N–H and O–H groups in total. The number of rotatable bonds is 6. The Balaban J connectivity index is 0.00000312. The van der Waals surface area contributed by atoms with Gasteiger partial charge in [0.25, 0.3) is 0 Å². The smallest absolute Gasteiger partial charge is 0.193 e. The van der Waals surface area contributed by atoms with Gasteiger partial charge in [-0.25, -0.2) is 4.98 Å². The number of guanidine groups is 1. The first-order valence-electron chi connectivity index (χ1n) is 8.61. The van der Waals surface area contributed by atoms with E-state index in [4.69, 9.17) is 4.74 Å². The fraction of sp³-hybridized carbons (Fsp3) is 0.765. The van der Waals surface area contributed by atoms with Crippen LogP contribution in [-0.4, -0.2) is 68.6 Å². The normalized spacial score (nSPS) is 20.0. The highest BCUT2D eigenvalue weighted by Gasteiger charge is 2.18. The first kappa shape index (κ1) is 22.6. The first-order valence-corrected chi connectivity index (χ1v) is 9.48. The van der Waals surface area contributed by atoms with E-state index in [-0.39, 0.29) is 30.1 Å². The molecule has 144 valence electrons. The summed E-state index contributed by atoms with van der Waals surface area (Å²) in [6.45, 7) is 6.13. The molecule has 0 bridgehead atoms. The first-order chi connectivity index (χ1) is 11.5. The van der Waals surface area contributed by atoms with E-state index < -0.39 is 0 Å². The molecular weight excluding hydrogens is 449 g/mol. The van der Waals surface area contributed by atoms with Crippen molar-refractivity contribution in [2.45, 2.75) is 32.4 Å². The van der Waals surface area contributed by atoms with Crippen molar-refractivity contribution in [1.82, 2.24) is 20.1 Å². The Kier molecular flexibility index (Phi) is 10.2. The number of halogens is 1. The Labute approximate surface area is 173 Å². The Bertz CT molecular complexity index is 539. The minimum Gasteiger partial charge on any atom is -0.375 e. The number of methoxy groups -OCH3 is 1. The van der Waals surface area contributed by atoms with Gasteiger partial charge in [-0.1, -0.05) is 0 Å². The molecule has 0 aromatic carbocycles. The summed E-state index contributed by atoms with van der Waals surface area (Å²) in [5.74, 6) is 1.62. The van der Waals surface area contributed by atoms with Crippen LogP contribution < -0.4 is 5.32 Å². The van der Waals surface area contributed by atoms with Crippen molar-refractivity contribution < 1.29 is 4.74 Å². The predicted octanol–water partition coefficient (Wildman–Crippen LogP) is 2.82. The summed E-state index contributed by atoms with van der Waals surface area (Å²) in [5, 5.41) is 6.64. The van der Waals surface area contributed by atoms with Crippen LogP contribution in [0.5, 0.6) is 0 Å². The van der Waals surface area contributed by atoms with E-state index in [1.54, 1.807) is 18.4 Å². The summed E-state index contributed by atoms with van der Waals surface area (Å²) in [5.41, 5.74) is 1.06. The molecule has 2 heterocycles. The summed E-state index contributed by atoms with van der Waals surface area (Å²) < 4.78 is 5.33. The second kappa shape index (κ2) is 11.3. The fourth-order valence-corrected chi connectivity index (χ4v) is 3.90. The van der Waals surface area contributed by atoms with Gasteiger partial charge >= 0.3 is 0 Å². The Morgan fingerprint density at radius 1 is 1.60 bits per heavy atom. The number of aliphatic imine (C=N–C) groups is 1. The molecule has 1 aliphatic heterocycles. The Hall–Kier alpha value is -0.450. The number of hydrogen-bond acceptors (Lipinski definition) is 5. The molecule has 0 aliphatic carbocycles. The number of hydrogen-bond donors (Lipinski definition) is 1. The molecule has 8 heteroatoms. The zero-order valence-corrected chi connectivity index (χ0v) is 19.1. The Morgan fingerprint density at radius 2 is 2.36 bits per heavy atom. The van der Waals surface area contributed by atoms with E-state index in [0.717, 1.165) is 36.3 Å². The van der Waals surface area contributed by atoms with Crippen LogP contribution in [0.4, 0.5) is 0 Å². The molecule has 0 radical (unpaired) electrons. The average Bonchev–Trinajstić information content (AvgIpc) is 3.03. The third kappa shape index (κ3) is 6.99. The van der Waals surface area contributed by atoms with Crippen molar-refractivity contribution in [3.05, 3.63) is 16.1 Å². The summed E-state index contributed by atoms with van der Waals surface area (Å²) in [6.07, 6.45) is 2.63. The molecule has 2 rings (SSSR count). The number of likely N-dealkylation sites (tertiary alicyclic amines) is 1. The van der Waals surface area contributed by atoms with Crippen molar-refractivity contribution in [2.75, 3.05) is 47.9 Å². The number of piperidine rings is 1. The van der Waals surface area contributed by atoms with Gasteiger partial charge in [-0.15, -0.1) is 35.3 Å². The van der Waals surface area contributed by atoms with Crippen molar-refractivity contribution >= 4 is 41.3 Å². The van der Waals surface area contributed by atoms with Crippen LogP contribution in [0, 0.1) is 5.92 Å². The van der Waals surface area contributed by atoms with Crippen LogP contribution in [-0.2, 0) is 11.3 Å². The van der Waals surface area contributed by atoms with Gasteiger partial charge in [-0.05, 0) is 39.3 Å². The molecule has 6 nitrogen and oxygen atoms in total. The number of nitrogens with one attached hydrogen (secondary N) is 1. The third-order valence-electron chi connectivity index (χ3n) is 4.51. The van der Waals surface area contributed by atoms with Crippen LogP contribution in [0.25, 0.3) is 0 Å². The lowest BCUT2D eigenvalue weighted by molar-refractivity contribution is 0.119. The molecule has 1 fully saturated rings. The number of nitrogens with zero attached hydrogens (tertiary/aromatic N) is 4. The van der Waals surface area contributed by atoms with Gasteiger partial charge < -0.3 is 19.9 Å². The molecule has 0 spiro atoms. The van der Waals surface area contributed by atoms with E-state index in [0.29, 0.717) is 5.92 Å². The number of thiazole rings is 1. The van der Waals surface area contributed by atoms with Gasteiger partial charge in [0, 0.05) is 39.7 Å². The van der Waals surface area contributed by atoms with Crippen molar-refractivity contribution in [1.29, 1.82) is 0 Å². The van der Waals surface area contributed by atoms with Crippen LogP contribution in [0.1, 0.15) is 36.6 Å². The summed E-state index contributed by atoms with van der Waals surface area (Å²) in [6, 6.07) is 0. The largest absolute Gasteiger partial charge is 0.375 e. The van der Waals surface area contributed by atoms with E-state index in [2.05, 4.69) is 44.6 Å². The zero-order chi connectivity index (χ0) is 17.5. The molecule has 2 atom stereocenters. The van der Waals surface area contributed by atoms with Crippen LogP contribution in [0.3, 0.4) is 0 Å². The van der Waals surface area contributed by atoms with Crippen molar-refractivity contribution in [3.8, 4) is 0 Å². The summed E-state index contributed by atoms with van der Waals surface area (Å²) >= 11 is 1.65. The van der Waals surface area contributed by atoms with E-state index in [1.165, 1.54) is 19.4 Å². The maximum absolute atomic E-state index is 5.33. The lowest BCUT2D eigenvalue weighted by atomic mass is 9.99. The molecule has 1 saturated heterocycles. The molecule has 1 aromatic rings. The molecule has 25 heavy (non-hydrogen) atoms. The lowest BCUT2D eigenvalue weighted by Gasteiger charge is -2.31. The van der Waals surface area contributed by atoms with Gasteiger partial charge in [0.2, 0.25) is 0 Å². The number of aromatic nitrogens is 1. The minimum absolute atomic E-state index is 0. The molecule has 2 unspecified atom stereocenters. The van der Waals surface area contributed by atoms with E-state index in [9.17, 15) is 0 Å². The van der Waals surface area contributed by atoms with Gasteiger partial charge in [-0.3, -0.25) is 4.99 Å². The quantitative estimate of drug-likeness (QED) is 0.385. The molecular formula is C17H32IN5OS. The van der Waals surface area contributed by atoms with Gasteiger partial charge in [-0.2, -0.15) is 0 Å². The fourth-order valence-electron chi connectivity index (χ4n) is 3.06. The highest BCUT2D eigenvalue weighted by molar-refractivity contribution is 14.0. The summed E-state index contributed by atoms with van der Waals surface area (Å²) in [4.78, 5) is 13.6. The van der Waals surface area contributed by atoms with Crippen LogP contribution in [0.2, 0.25) is 0 Å². The average molecular weight is 481 g/mol. The predicted molar refractivity (Wildman–Crippen MR) is 116 cm³/mol. The zero-order valence-electron chi connectivity index (χ0n) is 16.0. The lowest BCUT2D eigenvalue weighted by Crippen LogP contribution is -2.44. The molecule has 0 saturated carbocycles. The van der Waals surface area contributed by atoms with Crippen LogP contribution >= 0.6 is 35.3 Å². The monoisotopic (exact) mass is 481 g/mol. The minimum atomic E-state index is 0. The highest BCUT2D eigenvalue weighted by atomic mass is 127. The molecule has 1 aromatic heterocycles. The van der Waals surface area contributed by atoms with E-state index >= 15 is 0 Å².